The van der Waals surface area contributed by atoms with Gasteiger partial charge in [-0.2, -0.15) is 0 Å². The minimum Gasteiger partial charge on any atom is -0.327 e. The number of carbonyl (C=O) groups excluding carboxylic acids is 2. The average molecular weight is 423 g/mol. The van der Waals surface area contributed by atoms with Gasteiger partial charge in [0.1, 0.15) is 5.82 Å². The van der Waals surface area contributed by atoms with Crippen molar-refractivity contribution in [2.75, 3.05) is 5.32 Å². The van der Waals surface area contributed by atoms with Crippen LogP contribution in [0.25, 0.3) is 0 Å². The highest BCUT2D eigenvalue weighted by molar-refractivity contribution is 6.31. The van der Waals surface area contributed by atoms with E-state index in [2.05, 4.69) is 5.32 Å². The van der Waals surface area contributed by atoms with E-state index in [1.807, 2.05) is 25.1 Å². The molecule has 4 nitrogen and oxygen atoms in total. The predicted octanol–water partition coefficient (Wildman–Crippen LogP) is 5.51. The number of nitrogens with zero attached hydrogens (tertiary/aromatic N) is 1. The molecular weight excluding hydrogens is 403 g/mol. The quantitative estimate of drug-likeness (QED) is 0.589. The van der Waals surface area contributed by atoms with Crippen molar-refractivity contribution in [3.05, 3.63) is 99.8 Å². The van der Waals surface area contributed by atoms with Crippen LogP contribution in [0.4, 0.5) is 10.1 Å². The molecule has 1 aliphatic heterocycles. The third-order valence-corrected chi connectivity index (χ3v) is 5.81. The molecule has 0 fully saturated rings. The largest absolute Gasteiger partial charge is 0.327 e. The van der Waals surface area contributed by atoms with Crippen LogP contribution < -0.4 is 5.32 Å². The average Bonchev–Trinajstić information content (AvgIpc) is 3.07. The van der Waals surface area contributed by atoms with E-state index in [9.17, 15) is 14.0 Å². The molecule has 1 atom stereocenters. The summed E-state index contributed by atoms with van der Waals surface area (Å²) >= 11 is 6.15. The van der Waals surface area contributed by atoms with Crippen LogP contribution in [0.2, 0.25) is 5.02 Å². The zero-order chi connectivity index (χ0) is 21.3. The Morgan fingerprint density at radius 1 is 1.10 bits per heavy atom. The van der Waals surface area contributed by atoms with E-state index < -0.39 is 6.04 Å². The lowest BCUT2D eigenvalue weighted by atomic mass is 10.0. The fourth-order valence-electron chi connectivity index (χ4n) is 3.74. The SMILES string of the molecule is Cc1c(Cl)cccc1NC(=O)C[C@H](c1ccc(F)cc1)N1Cc2ccccc2C1=O. The molecule has 152 valence electrons. The molecular formula is C24H20ClFN2O2. The van der Waals surface area contributed by atoms with Crippen molar-refractivity contribution >= 4 is 29.1 Å². The van der Waals surface area contributed by atoms with Crippen LogP contribution in [0, 0.1) is 12.7 Å². The Labute approximate surface area is 179 Å². The molecule has 1 N–H and O–H groups in total. The standard InChI is InChI=1S/C24H20ClFN2O2/c1-15-20(25)7-4-8-21(15)27-23(29)13-22(16-9-11-18(26)12-10-16)28-14-17-5-2-3-6-19(17)24(28)30/h2-12,22H,13-14H2,1H3,(H,27,29)/t22-/m1/s1. The van der Waals surface area contributed by atoms with Crippen molar-refractivity contribution in [2.45, 2.75) is 25.9 Å². The maximum atomic E-state index is 13.5. The van der Waals surface area contributed by atoms with Crippen LogP contribution in [-0.2, 0) is 11.3 Å². The van der Waals surface area contributed by atoms with Gasteiger partial charge in [0.05, 0.1) is 12.5 Å². The van der Waals surface area contributed by atoms with Crippen LogP contribution >= 0.6 is 11.6 Å². The fraction of sp³-hybridized carbons (Fsp3) is 0.167. The van der Waals surface area contributed by atoms with Gasteiger partial charge in [0, 0.05) is 22.8 Å². The van der Waals surface area contributed by atoms with Crippen LogP contribution in [-0.4, -0.2) is 16.7 Å². The van der Waals surface area contributed by atoms with E-state index >= 15 is 0 Å². The van der Waals surface area contributed by atoms with Crippen molar-refractivity contribution < 1.29 is 14.0 Å². The second-order valence-electron chi connectivity index (χ2n) is 7.32. The molecule has 0 radical (unpaired) electrons. The van der Waals surface area contributed by atoms with Crippen LogP contribution in [0.15, 0.2) is 66.7 Å². The van der Waals surface area contributed by atoms with Gasteiger partial charge in [0.2, 0.25) is 5.91 Å². The molecule has 0 aromatic heterocycles. The molecule has 0 spiro atoms. The summed E-state index contributed by atoms with van der Waals surface area (Å²) in [6.45, 7) is 2.23. The van der Waals surface area contributed by atoms with Crippen molar-refractivity contribution in [3.63, 3.8) is 0 Å². The van der Waals surface area contributed by atoms with Gasteiger partial charge < -0.3 is 10.2 Å². The lowest BCUT2D eigenvalue weighted by Crippen LogP contribution is -2.32. The maximum Gasteiger partial charge on any atom is 0.255 e. The Hall–Kier alpha value is -3.18. The number of fused-ring (bicyclic) bond motifs is 1. The molecule has 30 heavy (non-hydrogen) atoms. The molecule has 0 bridgehead atoms. The molecule has 0 saturated carbocycles. The number of anilines is 1. The van der Waals surface area contributed by atoms with E-state index in [4.69, 9.17) is 11.6 Å². The Balaban J connectivity index is 1.62. The van der Waals surface area contributed by atoms with Gasteiger partial charge in [0.15, 0.2) is 0 Å². The highest BCUT2D eigenvalue weighted by Gasteiger charge is 2.34. The summed E-state index contributed by atoms with van der Waals surface area (Å²) in [5, 5.41) is 3.45. The van der Waals surface area contributed by atoms with Crippen LogP contribution in [0.1, 0.15) is 39.5 Å². The van der Waals surface area contributed by atoms with Gasteiger partial charge in [-0.25, -0.2) is 4.39 Å². The Kier molecular flexibility index (Phi) is 5.55. The normalized spacial score (nSPS) is 13.8. The Bertz CT molecular complexity index is 1110. The zero-order valence-corrected chi connectivity index (χ0v) is 17.1. The number of benzene rings is 3. The first kappa shape index (κ1) is 20.1. The maximum absolute atomic E-state index is 13.5. The smallest absolute Gasteiger partial charge is 0.255 e. The molecule has 4 rings (SSSR count). The number of nitrogens with one attached hydrogen (secondary N) is 1. The Morgan fingerprint density at radius 2 is 1.83 bits per heavy atom. The summed E-state index contributed by atoms with van der Waals surface area (Å²) in [5.74, 6) is -0.752. The van der Waals surface area contributed by atoms with Crippen molar-refractivity contribution in [2.24, 2.45) is 0 Å². The van der Waals surface area contributed by atoms with Crippen molar-refractivity contribution in [1.29, 1.82) is 0 Å². The molecule has 0 unspecified atom stereocenters. The third-order valence-electron chi connectivity index (χ3n) is 5.40. The molecule has 1 aliphatic rings. The molecule has 2 amide bonds. The van der Waals surface area contributed by atoms with E-state index in [0.717, 1.165) is 11.1 Å². The molecule has 3 aromatic carbocycles. The van der Waals surface area contributed by atoms with E-state index in [-0.39, 0.29) is 24.1 Å². The van der Waals surface area contributed by atoms with E-state index in [0.29, 0.717) is 28.4 Å². The number of hydrogen-bond acceptors (Lipinski definition) is 2. The molecule has 0 aliphatic carbocycles. The lowest BCUT2D eigenvalue weighted by molar-refractivity contribution is -0.117. The minimum absolute atomic E-state index is 0.0390. The summed E-state index contributed by atoms with van der Waals surface area (Å²) in [5.41, 5.74) is 3.66. The summed E-state index contributed by atoms with van der Waals surface area (Å²) in [7, 11) is 0. The predicted molar refractivity (Wildman–Crippen MR) is 115 cm³/mol. The van der Waals surface area contributed by atoms with Gasteiger partial charge in [-0.05, 0) is 53.9 Å². The first-order chi connectivity index (χ1) is 14.4. The van der Waals surface area contributed by atoms with E-state index in [1.54, 1.807) is 41.3 Å². The summed E-state index contributed by atoms with van der Waals surface area (Å²) in [6.07, 6.45) is 0.0390. The zero-order valence-electron chi connectivity index (χ0n) is 16.4. The Morgan fingerprint density at radius 3 is 2.57 bits per heavy atom. The third kappa shape index (κ3) is 3.94. The van der Waals surface area contributed by atoms with Crippen molar-refractivity contribution in [1.82, 2.24) is 4.90 Å². The summed E-state index contributed by atoms with van der Waals surface area (Å²) in [4.78, 5) is 27.6. The molecule has 3 aromatic rings. The number of carbonyl (C=O) groups is 2. The first-order valence-corrected chi connectivity index (χ1v) is 10.0. The second kappa shape index (κ2) is 8.28. The fourth-order valence-corrected chi connectivity index (χ4v) is 3.92. The second-order valence-corrected chi connectivity index (χ2v) is 7.73. The first-order valence-electron chi connectivity index (χ1n) is 9.63. The molecule has 1 heterocycles. The van der Waals surface area contributed by atoms with Gasteiger partial charge in [-0.3, -0.25) is 9.59 Å². The van der Waals surface area contributed by atoms with Gasteiger partial charge in [-0.15, -0.1) is 0 Å². The minimum atomic E-state index is -0.523. The molecule has 0 saturated heterocycles. The highest BCUT2D eigenvalue weighted by atomic mass is 35.5. The number of hydrogen-bond donors (Lipinski definition) is 1. The van der Waals surface area contributed by atoms with E-state index in [1.165, 1.54) is 12.1 Å². The van der Waals surface area contributed by atoms with Crippen LogP contribution in [0.5, 0.6) is 0 Å². The lowest BCUT2D eigenvalue weighted by Gasteiger charge is -2.28. The number of amides is 2. The van der Waals surface area contributed by atoms with Crippen molar-refractivity contribution in [3.8, 4) is 0 Å². The van der Waals surface area contributed by atoms with Gasteiger partial charge in [0.25, 0.3) is 5.91 Å². The van der Waals surface area contributed by atoms with Crippen LogP contribution in [0.3, 0.4) is 0 Å². The summed E-state index contributed by atoms with van der Waals surface area (Å²) in [6, 6.07) is 18.1. The molecule has 6 heteroatoms. The number of halogens is 2. The highest BCUT2D eigenvalue weighted by Crippen LogP contribution is 2.34. The van der Waals surface area contributed by atoms with Gasteiger partial charge >= 0.3 is 0 Å². The van der Waals surface area contributed by atoms with Gasteiger partial charge in [-0.1, -0.05) is 48.0 Å². The monoisotopic (exact) mass is 422 g/mol. The topological polar surface area (TPSA) is 49.4 Å². The summed E-state index contributed by atoms with van der Waals surface area (Å²) < 4.78 is 13.5. The number of rotatable bonds is 5.